The van der Waals surface area contributed by atoms with Crippen LogP contribution in [0.1, 0.15) is 11.7 Å². The van der Waals surface area contributed by atoms with Crippen LogP contribution < -0.4 is 4.74 Å². The first-order valence-electron chi connectivity index (χ1n) is 5.93. The average molecular weight is 255 g/mol. The Balaban J connectivity index is 2.15. The van der Waals surface area contributed by atoms with Gasteiger partial charge in [-0.15, -0.1) is 0 Å². The molecule has 1 aromatic rings. The molecule has 0 aliphatic carbocycles. The van der Waals surface area contributed by atoms with Gasteiger partial charge in [-0.3, -0.25) is 0 Å². The van der Waals surface area contributed by atoms with E-state index in [1.54, 1.807) is 6.07 Å². The Morgan fingerprint density at radius 1 is 1.56 bits per heavy atom. The van der Waals surface area contributed by atoms with Crippen molar-refractivity contribution in [3.8, 4) is 5.75 Å². The van der Waals surface area contributed by atoms with E-state index in [0.717, 1.165) is 6.54 Å². The summed E-state index contributed by atoms with van der Waals surface area (Å²) in [6.45, 7) is 1.97. The van der Waals surface area contributed by atoms with Gasteiger partial charge in [-0.2, -0.15) is 0 Å². The fourth-order valence-corrected chi connectivity index (χ4v) is 2.08. The number of methoxy groups -OCH3 is 1. The first-order valence-corrected chi connectivity index (χ1v) is 5.93. The van der Waals surface area contributed by atoms with E-state index in [-0.39, 0.29) is 5.56 Å². The van der Waals surface area contributed by atoms with E-state index < -0.39 is 18.0 Å². The van der Waals surface area contributed by atoms with Crippen LogP contribution in [0.25, 0.3) is 0 Å². The minimum Gasteiger partial charge on any atom is -0.497 e. The fraction of sp³-hybridized carbons (Fsp3) is 0.538. The summed E-state index contributed by atoms with van der Waals surface area (Å²) in [7, 11) is 3.43. The van der Waals surface area contributed by atoms with Gasteiger partial charge in [0.25, 0.3) is 0 Å². The number of morpholine rings is 1. The number of aliphatic hydroxyl groups is 1. The predicted octanol–water partition coefficient (Wildman–Crippen LogP) is 1.20. The number of rotatable bonds is 3. The van der Waals surface area contributed by atoms with Gasteiger partial charge in [-0.1, -0.05) is 0 Å². The standard InChI is InChI=1S/C13H18FNO3/c1-15-5-6-18-12(8-15)13(16)10-4-3-9(17-2)7-11(10)14/h3-4,7,12-13,16H,5-6,8H2,1-2H3. The number of ether oxygens (including phenoxy) is 2. The Bertz CT molecular complexity index is 413. The fourth-order valence-electron chi connectivity index (χ4n) is 2.08. The molecular formula is C13H18FNO3. The SMILES string of the molecule is COc1ccc(C(O)C2CN(C)CCO2)c(F)c1. The summed E-state index contributed by atoms with van der Waals surface area (Å²) >= 11 is 0. The zero-order valence-electron chi connectivity index (χ0n) is 10.6. The van der Waals surface area contributed by atoms with E-state index in [2.05, 4.69) is 4.90 Å². The van der Waals surface area contributed by atoms with Crippen molar-refractivity contribution >= 4 is 0 Å². The summed E-state index contributed by atoms with van der Waals surface area (Å²) in [5.41, 5.74) is 0.246. The number of likely N-dealkylation sites (N-methyl/N-ethyl adjacent to an activating group) is 1. The normalized spacial score (nSPS) is 22.8. The second-order valence-electron chi connectivity index (χ2n) is 4.50. The minimum atomic E-state index is -0.960. The topological polar surface area (TPSA) is 41.9 Å². The number of benzene rings is 1. The number of aliphatic hydroxyl groups excluding tert-OH is 1. The van der Waals surface area contributed by atoms with Gasteiger partial charge in [0, 0.05) is 24.7 Å². The highest BCUT2D eigenvalue weighted by Crippen LogP contribution is 2.26. The molecule has 100 valence electrons. The molecule has 2 rings (SSSR count). The highest BCUT2D eigenvalue weighted by atomic mass is 19.1. The van der Waals surface area contributed by atoms with Crippen molar-refractivity contribution in [2.45, 2.75) is 12.2 Å². The zero-order valence-corrected chi connectivity index (χ0v) is 10.6. The number of nitrogens with zero attached hydrogens (tertiary/aromatic N) is 1. The molecule has 1 heterocycles. The lowest BCUT2D eigenvalue weighted by molar-refractivity contribution is -0.0853. The van der Waals surface area contributed by atoms with Gasteiger partial charge in [0.2, 0.25) is 0 Å². The van der Waals surface area contributed by atoms with Gasteiger partial charge in [-0.25, -0.2) is 4.39 Å². The lowest BCUT2D eigenvalue weighted by Gasteiger charge is -2.33. The molecule has 0 saturated carbocycles. The molecule has 1 aliphatic rings. The summed E-state index contributed by atoms with van der Waals surface area (Å²) in [5, 5.41) is 10.2. The minimum absolute atomic E-state index is 0.246. The van der Waals surface area contributed by atoms with Crippen molar-refractivity contribution in [3.63, 3.8) is 0 Å². The molecule has 1 aromatic carbocycles. The van der Waals surface area contributed by atoms with Crippen LogP contribution >= 0.6 is 0 Å². The zero-order chi connectivity index (χ0) is 13.1. The van der Waals surface area contributed by atoms with Gasteiger partial charge < -0.3 is 19.5 Å². The first kappa shape index (κ1) is 13.3. The van der Waals surface area contributed by atoms with E-state index in [9.17, 15) is 9.50 Å². The molecule has 0 aromatic heterocycles. The number of hydrogen-bond acceptors (Lipinski definition) is 4. The summed E-state index contributed by atoms with van der Waals surface area (Å²) in [6, 6.07) is 4.44. The number of halogens is 1. The van der Waals surface area contributed by atoms with Crippen LogP contribution in [0.2, 0.25) is 0 Å². The summed E-state index contributed by atoms with van der Waals surface area (Å²) < 4.78 is 24.2. The average Bonchev–Trinajstić information content (AvgIpc) is 2.37. The van der Waals surface area contributed by atoms with Crippen molar-refractivity contribution < 1.29 is 19.0 Å². The summed E-state index contributed by atoms with van der Waals surface area (Å²) in [4.78, 5) is 2.05. The molecular weight excluding hydrogens is 237 g/mol. The molecule has 1 aliphatic heterocycles. The van der Waals surface area contributed by atoms with E-state index in [1.165, 1.54) is 19.2 Å². The third kappa shape index (κ3) is 2.80. The van der Waals surface area contributed by atoms with Crippen molar-refractivity contribution in [1.82, 2.24) is 4.90 Å². The molecule has 0 radical (unpaired) electrons. The third-order valence-electron chi connectivity index (χ3n) is 3.17. The lowest BCUT2D eigenvalue weighted by atomic mass is 10.0. The van der Waals surface area contributed by atoms with E-state index in [1.807, 2.05) is 7.05 Å². The third-order valence-corrected chi connectivity index (χ3v) is 3.17. The van der Waals surface area contributed by atoms with Crippen molar-refractivity contribution in [1.29, 1.82) is 0 Å². The highest BCUT2D eigenvalue weighted by molar-refractivity contribution is 5.30. The van der Waals surface area contributed by atoms with E-state index in [4.69, 9.17) is 9.47 Å². The van der Waals surface area contributed by atoms with Gasteiger partial charge in [0.15, 0.2) is 0 Å². The van der Waals surface area contributed by atoms with Gasteiger partial charge >= 0.3 is 0 Å². The lowest BCUT2D eigenvalue weighted by Crippen LogP contribution is -2.43. The molecule has 0 bridgehead atoms. The molecule has 2 unspecified atom stereocenters. The van der Waals surface area contributed by atoms with Gasteiger partial charge in [0.05, 0.1) is 13.7 Å². The maximum atomic E-state index is 13.8. The Kier molecular flexibility index (Phi) is 4.16. The quantitative estimate of drug-likeness (QED) is 0.881. The molecule has 1 N–H and O–H groups in total. The van der Waals surface area contributed by atoms with Gasteiger partial charge in [-0.05, 0) is 19.2 Å². The van der Waals surface area contributed by atoms with Crippen LogP contribution in [0.4, 0.5) is 4.39 Å². The Morgan fingerprint density at radius 3 is 2.94 bits per heavy atom. The second kappa shape index (κ2) is 5.65. The Labute approximate surface area is 106 Å². The molecule has 2 atom stereocenters. The van der Waals surface area contributed by atoms with Crippen LogP contribution in [0.5, 0.6) is 5.75 Å². The van der Waals surface area contributed by atoms with Crippen LogP contribution in [0.3, 0.4) is 0 Å². The van der Waals surface area contributed by atoms with Crippen molar-refractivity contribution in [2.75, 3.05) is 33.9 Å². The molecule has 0 amide bonds. The van der Waals surface area contributed by atoms with Crippen LogP contribution in [0, 0.1) is 5.82 Å². The summed E-state index contributed by atoms with van der Waals surface area (Å²) in [5.74, 6) is -0.0381. The maximum absolute atomic E-state index is 13.8. The summed E-state index contributed by atoms with van der Waals surface area (Å²) in [6.07, 6.45) is -1.36. The first-order chi connectivity index (χ1) is 8.61. The molecule has 18 heavy (non-hydrogen) atoms. The van der Waals surface area contributed by atoms with Crippen LogP contribution in [0.15, 0.2) is 18.2 Å². The van der Waals surface area contributed by atoms with Gasteiger partial charge in [0.1, 0.15) is 23.8 Å². The molecule has 0 spiro atoms. The number of hydrogen-bond donors (Lipinski definition) is 1. The largest absolute Gasteiger partial charge is 0.497 e. The van der Waals surface area contributed by atoms with E-state index >= 15 is 0 Å². The van der Waals surface area contributed by atoms with Crippen LogP contribution in [-0.2, 0) is 4.74 Å². The highest BCUT2D eigenvalue weighted by Gasteiger charge is 2.28. The molecule has 1 fully saturated rings. The molecule has 1 saturated heterocycles. The monoisotopic (exact) mass is 255 g/mol. The molecule has 4 nitrogen and oxygen atoms in total. The van der Waals surface area contributed by atoms with E-state index in [0.29, 0.717) is 18.9 Å². The molecule has 5 heteroatoms. The second-order valence-corrected chi connectivity index (χ2v) is 4.50. The Morgan fingerprint density at radius 2 is 2.33 bits per heavy atom. The maximum Gasteiger partial charge on any atom is 0.132 e. The van der Waals surface area contributed by atoms with Crippen LogP contribution in [-0.4, -0.2) is 50.0 Å². The smallest absolute Gasteiger partial charge is 0.132 e. The van der Waals surface area contributed by atoms with Crippen molar-refractivity contribution in [3.05, 3.63) is 29.6 Å². The van der Waals surface area contributed by atoms with Crippen molar-refractivity contribution in [2.24, 2.45) is 0 Å². The Hall–Kier alpha value is -1.17. The predicted molar refractivity (Wildman–Crippen MR) is 65.1 cm³/mol.